The van der Waals surface area contributed by atoms with Gasteiger partial charge in [0.2, 0.25) is 5.91 Å². The van der Waals surface area contributed by atoms with Gasteiger partial charge in [0, 0.05) is 6.04 Å². The van der Waals surface area contributed by atoms with Gasteiger partial charge in [-0.15, -0.1) is 0 Å². The first-order valence-corrected chi connectivity index (χ1v) is 10.1. The summed E-state index contributed by atoms with van der Waals surface area (Å²) < 4.78 is 5.09. The zero-order valence-corrected chi connectivity index (χ0v) is 16.6. The Labute approximate surface area is 170 Å². The summed E-state index contributed by atoms with van der Waals surface area (Å²) in [6, 6.07) is 9.39. The molecule has 154 valence electrons. The second-order valence-corrected chi connectivity index (χ2v) is 7.25. The van der Waals surface area contributed by atoms with Crippen LogP contribution >= 0.6 is 0 Å². The third-order valence-electron chi connectivity index (χ3n) is 5.15. The number of furan rings is 1. The third-order valence-corrected chi connectivity index (χ3v) is 5.15. The average molecular weight is 397 g/mol. The molecule has 7 heteroatoms. The van der Waals surface area contributed by atoms with E-state index in [0.29, 0.717) is 12.1 Å². The molecule has 1 heterocycles. The molecule has 1 aliphatic rings. The summed E-state index contributed by atoms with van der Waals surface area (Å²) in [7, 11) is 0. The predicted octanol–water partition coefficient (Wildman–Crippen LogP) is 3.49. The van der Waals surface area contributed by atoms with Gasteiger partial charge in [-0.1, -0.05) is 38.3 Å². The van der Waals surface area contributed by atoms with Crippen molar-refractivity contribution in [2.45, 2.75) is 57.5 Å². The Kier molecular flexibility index (Phi) is 7.05. The van der Waals surface area contributed by atoms with E-state index >= 15 is 0 Å². The lowest BCUT2D eigenvalue weighted by Gasteiger charge is -2.25. The van der Waals surface area contributed by atoms with Gasteiger partial charge < -0.3 is 20.4 Å². The summed E-state index contributed by atoms with van der Waals surface area (Å²) >= 11 is 0. The highest BCUT2D eigenvalue weighted by Gasteiger charge is 2.24. The number of hydrogen-bond donors (Lipinski definition) is 3. The van der Waals surface area contributed by atoms with E-state index in [9.17, 15) is 14.4 Å². The van der Waals surface area contributed by atoms with Crippen LogP contribution in [-0.4, -0.2) is 29.8 Å². The highest BCUT2D eigenvalue weighted by atomic mass is 16.3. The molecular weight excluding hydrogens is 370 g/mol. The molecule has 1 fully saturated rings. The van der Waals surface area contributed by atoms with Crippen LogP contribution in [-0.2, 0) is 4.79 Å². The van der Waals surface area contributed by atoms with Crippen molar-refractivity contribution < 1.29 is 18.8 Å². The summed E-state index contributed by atoms with van der Waals surface area (Å²) in [4.78, 5) is 37.7. The van der Waals surface area contributed by atoms with Crippen LogP contribution in [0.5, 0.6) is 0 Å². The molecule has 0 aliphatic heterocycles. The van der Waals surface area contributed by atoms with Crippen molar-refractivity contribution in [3.63, 3.8) is 0 Å². The van der Waals surface area contributed by atoms with Gasteiger partial charge in [0.15, 0.2) is 5.76 Å². The van der Waals surface area contributed by atoms with E-state index in [-0.39, 0.29) is 23.3 Å². The molecule has 0 radical (unpaired) electrons. The van der Waals surface area contributed by atoms with E-state index in [2.05, 4.69) is 16.0 Å². The molecule has 29 heavy (non-hydrogen) atoms. The van der Waals surface area contributed by atoms with Gasteiger partial charge in [-0.25, -0.2) is 0 Å². The molecule has 0 bridgehead atoms. The fraction of sp³-hybridized carbons (Fsp3) is 0.409. The molecule has 7 nitrogen and oxygen atoms in total. The molecular formula is C22H27N3O4. The molecule has 3 amide bonds. The minimum absolute atomic E-state index is 0.151. The Morgan fingerprint density at radius 2 is 1.79 bits per heavy atom. The van der Waals surface area contributed by atoms with Crippen LogP contribution < -0.4 is 16.0 Å². The standard InChI is InChI=1S/C22H27N3O4/c1-2-17(21(27)23-15-9-4-3-5-10-15)24-20(26)16-11-6-7-12-18(16)25-22(28)19-13-8-14-29-19/h6-8,11-15,17H,2-5,9-10H2,1H3,(H,23,27)(H,24,26)(H,25,28)/t17-/m1/s1. The monoisotopic (exact) mass is 397 g/mol. The Morgan fingerprint density at radius 3 is 2.48 bits per heavy atom. The quantitative estimate of drug-likeness (QED) is 0.666. The number of carbonyl (C=O) groups is 3. The smallest absolute Gasteiger partial charge is 0.291 e. The molecule has 0 spiro atoms. The summed E-state index contributed by atoms with van der Waals surface area (Å²) in [6.45, 7) is 1.86. The molecule has 1 aromatic heterocycles. The van der Waals surface area contributed by atoms with Crippen LogP contribution in [0.25, 0.3) is 0 Å². The predicted molar refractivity (Wildman–Crippen MR) is 110 cm³/mol. The highest BCUT2D eigenvalue weighted by molar-refractivity contribution is 6.08. The molecule has 1 aromatic carbocycles. The third kappa shape index (κ3) is 5.47. The van der Waals surface area contributed by atoms with Gasteiger partial charge in [0.25, 0.3) is 11.8 Å². The van der Waals surface area contributed by atoms with E-state index in [1.807, 2.05) is 6.92 Å². The minimum atomic E-state index is -0.627. The topological polar surface area (TPSA) is 100 Å². The van der Waals surface area contributed by atoms with Crippen molar-refractivity contribution in [2.24, 2.45) is 0 Å². The Bertz CT molecular complexity index is 842. The van der Waals surface area contributed by atoms with Crippen molar-refractivity contribution in [1.29, 1.82) is 0 Å². The van der Waals surface area contributed by atoms with Crippen LogP contribution in [0.4, 0.5) is 5.69 Å². The van der Waals surface area contributed by atoms with E-state index in [1.54, 1.807) is 36.4 Å². The fourth-order valence-corrected chi connectivity index (χ4v) is 3.52. The van der Waals surface area contributed by atoms with E-state index < -0.39 is 17.9 Å². The van der Waals surface area contributed by atoms with Gasteiger partial charge in [-0.3, -0.25) is 14.4 Å². The van der Waals surface area contributed by atoms with Crippen molar-refractivity contribution in [3.8, 4) is 0 Å². The maximum atomic E-state index is 12.8. The van der Waals surface area contributed by atoms with Crippen LogP contribution in [0.2, 0.25) is 0 Å². The number of para-hydroxylation sites is 1. The number of amides is 3. The lowest BCUT2D eigenvalue weighted by molar-refractivity contribution is -0.124. The average Bonchev–Trinajstić information content (AvgIpc) is 3.28. The molecule has 1 aliphatic carbocycles. The lowest BCUT2D eigenvalue weighted by atomic mass is 9.95. The molecule has 0 unspecified atom stereocenters. The van der Waals surface area contributed by atoms with Crippen molar-refractivity contribution in [3.05, 3.63) is 54.0 Å². The number of hydrogen-bond acceptors (Lipinski definition) is 4. The number of anilines is 1. The van der Waals surface area contributed by atoms with Crippen LogP contribution in [0, 0.1) is 0 Å². The zero-order valence-electron chi connectivity index (χ0n) is 16.6. The van der Waals surface area contributed by atoms with E-state index in [0.717, 1.165) is 25.7 Å². The molecule has 0 saturated heterocycles. The first-order valence-electron chi connectivity index (χ1n) is 10.1. The summed E-state index contributed by atoms with van der Waals surface area (Å²) in [6.07, 6.45) is 7.31. The zero-order chi connectivity index (χ0) is 20.6. The molecule has 1 saturated carbocycles. The number of benzene rings is 1. The normalized spacial score (nSPS) is 15.3. The highest BCUT2D eigenvalue weighted by Crippen LogP contribution is 2.19. The van der Waals surface area contributed by atoms with Gasteiger partial charge >= 0.3 is 0 Å². The fourth-order valence-electron chi connectivity index (χ4n) is 3.52. The SMILES string of the molecule is CC[C@@H](NC(=O)c1ccccc1NC(=O)c1ccco1)C(=O)NC1CCCCC1. The summed E-state index contributed by atoms with van der Waals surface area (Å²) in [5.41, 5.74) is 0.644. The van der Waals surface area contributed by atoms with Crippen LogP contribution in [0.3, 0.4) is 0 Å². The van der Waals surface area contributed by atoms with Gasteiger partial charge in [0.05, 0.1) is 17.5 Å². The Balaban J connectivity index is 1.65. The molecule has 2 aromatic rings. The van der Waals surface area contributed by atoms with Crippen molar-refractivity contribution in [1.82, 2.24) is 10.6 Å². The minimum Gasteiger partial charge on any atom is -0.459 e. The van der Waals surface area contributed by atoms with E-state index in [4.69, 9.17) is 4.42 Å². The number of carbonyl (C=O) groups excluding carboxylic acids is 3. The number of nitrogens with one attached hydrogen (secondary N) is 3. The van der Waals surface area contributed by atoms with Gasteiger partial charge in [-0.05, 0) is 43.5 Å². The summed E-state index contributed by atoms with van der Waals surface area (Å²) in [5.74, 6) is -0.869. The maximum Gasteiger partial charge on any atom is 0.291 e. The van der Waals surface area contributed by atoms with Crippen LogP contribution in [0.1, 0.15) is 66.4 Å². The lowest BCUT2D eigenvalue weighted by Crippen LogP contribution is -2.49. The summed E-state index contributed by atoms with van der Waals surface area (Å²) in [5, 5.41) is 8.54. The first kappa shape index (κ1) is 20.6. The van der Waals surface area contributed by atoms with Crippen molar-refractivity contribution in [2.75, 3.05) is 5.32 Å². The second-order valence-electron chi connectivity index (χ2n) is 7.25. The Morgan fingerprint density at radius 1 is 1.03 bits per heavy atom. The van der Waals surface area contributed by atoms with Gasteiger partial charge in [0.1, 0.15) is 6.04 Å². The first-order chi connectivity index (χ1) is 14.1. The van der Waals surface area contributed by atoms with Crippen LogP contribution in [0.15, 0.2) is 47.1 Å². The van der Waals surface area contributed by atoms with Gasteiger partial charge in [-0.2, -0.15) is 0 Å². The van der Waals surface area contributed by atoms with Crippen molar-refractivity contribution >= 4 is 23.4 Å². The second kappa shape index (κ2) is 9.91. The maximum absolute atomic E-state index is 12.8. The molecule has 3 N–H and O–H groups in total. The van der Waals surface area contributed by atoms with E-state index in [1.165, 1.54) is 12.7 Å². The Hall–Kier alpha value is -3.09. The number of rotatable bonds is 7. The molecule has 1 atom stereocenters. The largest absolute Gasteiger partial charge is 0.459 e. The molecule has 3 rings (SSSR count).